The number of aryl methyl sites for hydroxylation is 1. The number of halogens is 1. The van der Waals surface area contributed by atoms with Gasteiger partial charge in [-0.2, -0.15) is 0 Å². The predicted octanol–water partition coefficient (Wildman–Crippen LogP) is 2.68. The summed E-state index contributed by atoms with van der Waals surface area (Å²) in [6.07, 6.45) is 4.46. The Bertz CT molecular complexity index is 641. The molecule has 0 saturated heterocycles. The fraction of sp³-hybridized carbons (Fsp3) is 0.533. The molecule has 0 aliphatic heterocycles. The number of ketones is 1. The van der Waals surface area contributed by atoms with Gasteiger partial charge >= 0.3 is 0 Å². The van der Waals surface area contributed by atoms with E-state index in [1.165, 1.54) is 13.1 Å². The molecule has 1 aromatic carbocycles. The molecule has 1 aromatic rings. The summed E-state index contributed by atoms with van der Waals surface area (Å²) in [5.41, 5.74) is 2.35. The molecule has 2 rings (SSSR count). The molecule has 0 bridgehead atoms. The van der Waals surface area contributed by atoms with Crippen molar-refractivity contribution in [1.29, 1.82) is 0 Å². The third-order valence-electron chi connectivity index (χ3n) is 3.84. The van der Waals surface area contributed by atoms with Crippen LogP contribution in [0.3, 0.4) is 0 Å². The number of sulfonamides is 1. The fourth-order valence-corrected chi connectivity index (χ4v) is 3.95. The molecule has 1 aliphatic rings. The second kappa shape index (κ2) is 6.90. The highest BCUT2D eigenvalue weighted by atomic mass is 35.5. The minimum absolute atomic E-state index is 0.0117. The molecule has 0 aromatic heterocycles. The van der Waals surface area contributed by atoms with Crippen molar-refractivity contribution in [3.63, 3.8) is 0 Å². The maximum absolute atomic E-state index is 12.2. The molecule has 4 nitrogen and oxygen atoms in total. The number of hydrogen-bond acceptors (Lipinski definition) is 3. The molecule has 0 radical (unpaired) electrons. The van der Waals surface area contributed by atoms with Crippen LogP contribution in [0.4, 0.5) is 0 Å². The lowest BCUT2D eigenvalue weighted by molar-refractivity contribution is 0.0979. The Morgan fingerprint density at radius 2 is 2.05 bits per heavy atom. The third-order valence-corrected chi connectivity index (χ3v) is 5.59. The zero-order valence-electron chi connectivity index (χ0n) is 12.1. The summed E-state index contributed by atoms with van der Waals surface area (Å²) in [4.78, 5) is 12.5. The smallest absolute Gasteiger partial charge is 0.240 e. The molecule has 1 N–H and O–H groups in total. The average molecular weight is 330 g/mol. The average Bonchev–Trinajstić information content (AvgIpc) is 2.94. The highest BCUT2D eigenvalue weighted by Crippen LogP contribution is 2.30. The van der Waals surface area contributed by atoms with E-state index in [9.17, 15) is 13.2 Å². The molecule has 0 heterocycles. The zero-order valence-corrected chi connectivity index (χ0v) is 13.7. The summed E-state index contributed by atoms with van der Waals surface area (Å²) in [6, 6.07) is 3.39. The number of alkyl halides is 1. The Morgan fingerprint density at radius 1 is 1.29 bits per heavy atom. The quantitative estimate of drug-likeness (QED) is 0.475. The number of carbonyl (C=O) groups excluding carboxylic acids is 1. The van der Waals surface area contributed by atoms with Crippen molar-refractivity contribution < 1.29 is 13.2 Å². The third kappa shape index (κ3) is 3.65. The lowest BCUT2D eigenvalue weighted by Gasteiger charge is -2.11. The van der Waals surface area contributed by atoms with Gasteiger partial charge in [0.1, 0.15) is 0 Å². The number of Topliss-reactive ketones (excluding diaryl/α,β-unsaturated/α-hetero) is 1. The van der Waals surface area contributed by atoms with Gasteiger partial charge in [0.2, 0.25) is 10.0 Å². The van der Waals surface area contributed by atoms with Crippen molar-refractivity contribution in [2.24, 2.45) is 0 Å². The number of unbranched alkanes of at least 4 members (excludes halogenated alkanes) is 1. The summed E-state index contributed by atoms with van der Waals surface area (Å²) in [5, 5.41) is 0. The van der Waals surface area contributed by atoms with Crippen LogP contribution in [-0.4, -0.2) is 27.1 Å². The van der Waals surface area contributed by atoms with Crippen LogP contribution in [-0.2, 0) is 22.9 Å². The van der Waals surface area contributed by atoms with Gasteiger partial charge in [-0.3, -0.25) is 4.79 Å². The molecule has 0 saturated carbocycles. The second-order valence-corrected chi connectivity index (χ2v) is 7.48. The maximum atomic E-state index is 12.2. The number of nitrogens with one attached hydrogen (secondary N) is 1. The van der Waals surface area contributed by atoms with E-state index in [2.05, 4.69) is 4.72 Å². The molecule has 21 heavy (non-hydrogen) atoms. The van der Waals surface area contributed by atoms with Crippen LogP contribution < -0.4 is 4.72 Å². The van der Waals surface area contributed by atoms with Crippen LogP contribution in [0, 0.1) is 0 Å². The van der Waals surface area contributed by atoms with Crippen molar-refractivity contribution >= 4 is 27.4 Å². The first-order valence-corrected chi connectivity index (χ1v) is 9.20. The van der Waals surface area contributed by atoms with Crippen LogP contribution in [0.1, 0.15) is 47.2 Å². The minimum Gasteiger partial charge on any atom is -0.294 e. The standard InChI is InChI=1S/C15H20ClNO3S/c1-17-21(19,20)15-10-12(14(18)7-2-3-8-16)9-11-5-4-6-13(11)15/h9-10,17H,2-8H2,1H3. The van der Waals surface area contributed by atoms with E-state index < -0.39 is 10.0 Å². The van der Waals surface area contributed by atoms with Crippen LogP contribution in [0.15, 0.2) is 17.0 Å². The van der Waals surface area contributed by atoms with Gasteiger partial charge < -0.3 is 0 Å². The molecule has 0 spiro atoms. The van der Waals surface area contributed by atoms with Gasteiger partial charge in [-0.25, -0.2) is 13.1 Å². The van der Waals surface area contributed by atoms with Gasteiger partial charge in [0, 0.05) is 17.9 Å². The number of carbonyl (C=O) groups is 1. The van der Waals surface area contributed by atoms with E-state index in [4.69, 9.17) is 11.6 Å². The summed E-state index contributed by atoms with van der Waals surface area (Å²) in [7, 11) is -2.13. The number of benzene rings is 1. The van der Waals surface area contributed by atoms with Crippen LogP contribution in [0.2, 0.25) is 0 Å². The summed E-state index contributed by atoms with van der Waals surface area (Å²) in [6.45, 7) is 0. The van der Waals surface area contributed by atoms with E-state index in [0.717, 1.165) is 43.2 Å². The van der Waals surface area contributed by atoms with Crippen molar-refractivity contribution in [2.45, 2.75) is 43.4 Å². The SMILES string of the molecule is CNS(=O)(=O)c1cc(C(=O)CCCCCl)cc2c1CCC2. The molecular formula is C15H20ClNO3S. The summed E-state index contributed by atoms with van der Waals surface area (Å²) >= 11 is 5.61. The molecule has 0 unspecified atom stereocenters. The van der Waals surface area contributed by atoms with Crippen LogP contribution in [0.25, 0.3) is 0 Å². The van der Waals surface area contributed by atoms with Gasteiger partial charge in [-0.05, 0) is 62.4 Å². The van der Waals surface area contributed by atoms with E-state index in [-0.39, 0.29) is 10.7 Å². The van der Waals surface area contributed by atoms with Crippen molar-refractivity contribution in [3.8, 4) is 0 Å². The number of rotatable bonds is 7. The Kier molecular flexibility index (Phi) is 5.41. The lowest BCUT2D eigenvalue weighted by atomic mass is 10.0. The largest absolute Gasteiger partial charge is 0.294 e. The Hall–Kier alpha value is -0.910. The van der Waals surface area contributed by atoms with Crippen molar-refractivity contribution in [1.82, 2.24) is 4.72 Å². The van der Waals surface area contributed by atoms with Crippen molar-refractivity contribution in [2.75, 3.05) is 12.9 Å². The van der Waals surface area contributed by atoms with Crippen molar-refractivity contribution in [3.05, 3.63) is 28.8 Å². The Labute approximate surface area is 130 Å². The lowest BCUT2D eigenvalue weighted by Crippen LogP contribution is -2.21. The Balaban J connectivity index is 2.37. The molecule has 116 valence electrons. The topological polar surface area (TPSA) is 63.2 Å². The van der Waals surface area contributed by atoms with Crippen LogP contribution in [0.5, 0.6) is 0 Å². The fourth-order valence-electron chi connectivity index (χ4n) is 2.70. The highest BCUT2D eigenvalue weighted by molar-refractivity contribution is 7.89. The number of fused-ring (bicyclic) bond motifs is 1. The number of hydrogen-bond donors (Lipinski definition) is 1. The zero-order chi connectivity index (χ0) is 15.5. The van der Waals surface area contributed by atoms with Crippen LogP contribution >= 0.6 is 11.6 Å². The molecule has 0 amide bonds. The van der Waals surface area contributed by atoms with E-state index in [1.54, 1.807) is 0 Å². The molecule has 0 atom stereocenters. The first kappa shape index (κ1) is 16.5. The molecule has 6 heteroatoms. The van der Waals surface area contributed by atoms with Gasteiger partial charge in [0.15, 0.2) is 5.78 Å². The van der Waals surface area contributed by atoms with Gasteiger partial charge in [-0.15, -0.1) is 11.6 Å². The molecule has 1 aliphatic carbocycles. The van der Waals surface area contributed by atoms with Gasteiger partial charge in [0.05, 0.1) is 4.90 Å². The Morgan fingerprint density at radius 3 is 2.71 bits per heavy atom. The summed E-state index contributed by atoms with van der Waals surface area (Å²) in [5.74, 6) is 0.527. The normalized spacial score (nSPS) is 14.2. The highest BCUT2D eigenvalue weighted by Gasteiger charge is 2.25. The first-order valence-electron chi connectivity index (χ1n) is 7.18. The maximum Gasteiger partial charge on any atom is 0.240 e. The monoisotopic (exact) mass is 329 g/mol. The minimum atomic E-state index is -3.53. The van der Waals surface area contributed by atoms with E-state index in [0.29, 0.717) is 17.9 Å². The second-order valence-electron chi connectivity index (χ2n) is 5.24. The van der Waals surface area contributed by atoms with E-state index in [1.807, 2.05) is 6.07 Å². The molecular weight excluding hydrogens is 310 g/mol. The van der Waals surface area contributed by atoms with E-state index >= 15 is 0 Å². The predicted molar refractivity (Wildman–Crippen MR) is 83.6 cm³/mol. The summed E-state index contributed by atoms with van der Waals surface area (Å²) < 4.78 is 26.7. The van der Waals surface area contributed by atoms with Gasteiger partial charge in [-0.1, -0.05) is 0 Å². The first-order chi connectivity index (χ1) is 9.99. The molecule has 0 fully saturated rings. The van der Waals surface area contributed by atoms with Gasteiger partial charge in [0.25, 0.3) is 0 Å².